The molecule has 0 saturated carbocycles. The van der Waals surface area contributed by atoms with Crippen LogP contribution < -0.4 is 0 Å². The molecule has 1 saturated heterocycles. The minimum atomic E-state index is -4.04. The molecule has 0 spiro atoms. The lowest BCUT2D eigenvalue weighted by atomic mass is 9.81. The first-order valence-electron chi connectivity index (χ1n) is 6.95. The molecule has 0 amide bonds. The maximum atomic E-state index is 12.2. The standard InChI is InChI=1S/C14H19BrO5S2/c1-14(2,3)10-8-9(6-7-19-10)13(16)20-22(17,18)12-5-4-11(15)21-12/h4-5,9-10H,6-8H2,1-3H3. The van der Waals surface area contributed by atoms with Crippen LogP contribution in [0.2, 0.25) is 0 Å². The molecule has 2 heterocycles. The molecule has 2 unspecified atom stereocenters. The third-order valence-corrected chi connectivity index (χ3v) is 6.86. The van der Waals surface area contributed by atoms with Crippen LogP contribution in [0, 0.1) is 11.3 Å². The number of halogens is 1. The summed E-state index contributed by atoms with van der Waals surface area (Å²) >= 11 is 4.21. The molecule has 0 N–H and O–H groups in total. The molecular formula is C14H19BrO5S2. The fraction of sp³-hybridized carbons (Fsp3) is 0.643. The molecule has 2 rings (SSSR count). The number of carbonyl (C=O) groups is 1. The summed E-state index contributed by atoms with van der Waals surface area (Å²) in [6, 6.07) is 3.02. The van der Waals surface area contributed by atoms with Crippen molar-refractivity contribution in [2.24, 2.45) is 11.3 Å². The van der Waals surface area contributed by atoms with Crippen molar-refractivity contribution in [3.8, 4) is 0 Å². The minimum absolute atomic E-state index is 0.0205. The fourth-order valence-electron chi connectivity index (χ4n) is 2.26. The van der Waals surface area contributed by atoms with E-state index in [0.717, 1.165) is 11.3 Å². The SMILES string of the molecule is CC(C)(C)C1CC(C(=O)OS(=O)(=O)c2ccc(Br)s2)CCO1. The predicted molar refractivity (Wildman–Crippen MR) is 87.2 cm³/mol. The Morgan fingerprint density at radius 2 is 2.09 bits per heavy atom. The van der Waals surface area contributed by atoms with Gasteiger partial charge in [0.05, 0.1) is 15.8 Å². The highest BCUT2D eigenvalue weighted by Crippen LogP contribution is 2.34. The lowest BCUT2D eigenvalue weighted by molar-refractivity contribution is -0.146. The highest BCUT2D eigenvalue weighted by molar-refractivity contribution is 9.11. The van der Waals surface area contributed by atoms with Crippen LogP contribution in [-0.4, -0.2) is 27.1 Å². The summed E-state index contributed by atoms with van der Waals surface area (Å²) in [6.07, 6.45) is 0.874. The first-order chi connectivity index (χ1) is 10.1. The van der Waals surface area contributed by atoms with Gasteiger partial charge in [0, 0.05) is 6.61 Å². The molecule has 1 aliphatic rings. The Kier molecular flexibility index (Phi) is 5.36. The van der Waals surface area contributed by atoms with Crippen LogP contribution in [0.3, 0.4) is 0 Å². The monoisotopic (exact) mass is 410 g/mol. The summed E-state index contributed by atoms with van der Waals surface area (Å²) < 4.78 is 35.4. The van der Waals surface area contributed by atoms with Crippen molar-refractivity contribution in [3.05, 3.63) is 15.9 Å². The van der Waals surface area contributed by atoms with Crippen molar-refractivity contribution in [3.63, 3.8) is 0 Å². The number of thiophene rings is 1. The summed E-state index contributed by atoms with van der Waals surface area (Å²) in [5.74, 6) is -1.14. The van der Waals surface area contributed by atoms with E-state index in [-0.39, 0.29) is 15.7 Å². The van der Waals surface area contributed by atoms with Crippen molar-refractivity contribution in [2.45, 2.75) is 43.9 Å². The smallest absolute Gasteiger partial charge is 0.351 e. The molecule has 8 heteroatoms. The second-order valence-electron chi connectivity index (χ2n) is 6.36. The van der Waals surface area contributed by atoms with Crippen molar-refractivity contribution in [2.75, 3.05) is 6.61 Å². The summed E-state index contributed by atoms with van der Waals surface area (Å²) in [6.45, 7) is 6.54. The average molecular weight is 411 g/mol. The van der Waals surface area contributed by atoms with Gasteiger partial charge in [-0.3, -0.25) is 4.79 Å². The number of ether oxygens (including phenoxy) is 1. The summed E-state index contributed by atoms with van der Waals surface area (Å²) in [4.78, 5) is 12.2. The molecule has 1 aromatic rings. The van der Waals surface area contributed by atoms with E-state index in [1.54, 1.807) is 6.07 Å². The van der Waals surface area contributed by atoms with Gasteiger partial charge >= 0.3 is 16.1 Å². The Morgan fingerprint density at radius 1 is 1.41 bits per heavy atom. The number of rotatable bonds is 3. The van der Waals surface area contributed by atoms with Crippen LogP contribution in [0.5, 0.6) is 0 Å². The Morgan fingerprint density at radius 3 is 2.64 bits per heavy atom. The Hall–Kier alpha value is -0.440. The molecule has 1 fully saturated rings. The van der Waals surface area contributed by atoms with Crippen LogP contribution in [0.15, 0.2) is 20.1 Å². The molecule has 0 radical (unpaired) electrons. The fourth-order valence-corrected chi connectivity index (χ4v) is 5.15. The van der Waals surface area contributed by atoms with Gasteiger partial charge in [-0.2, -0.15) is 8.42 Å². The van der Waals surface area contributed by atoms with E-state index < -0.39 is 22.0 Å². The molecule has 124 valence electrons. The molecule has 5 nitrogen and oxygen atoms in total. The van der Waals surface area contributed by atoms with Crippen molar-refractivity contribution < 1.29 is 22.1 Å². The molecule has 22 heavy (non-hydrogen) atoms. The van der Waals surface area contributed by atoms with Crippen molar-refractivity contribution in [1.29, 1.82) is 0 Å². The average Bonchev–Trinajstić information content (AvgIpc) is 2.85. The third kappa shape index (κ3) is 4.31. The largest absolute Gasteiger partial charge is 0.378 e. The predicted octanol–water partition coefficient (Wildman–Crippen LogP) is 3.58. The molecule has 0 aliphatic carbocycles. The minimum Gasteiger partial charge on any atom is -0.378 e. The van der Waals surface area contributed by atoms with Gasteiger partial charge in [0.2, 0.25) is 0 Å². The van der Waals surface area contributed by atoms with E-state index >= 15 is 0 Å². The van der Waals surface area contributed by atoms with Crippen LogP contribution >= 0.6 is 27.3 Å². The van der Waals surface area contributed by atoms with Crippen LogP contribution in [-0.2, 0) is 23.8 Å². The van der Waals surface area contributed by atoms with Gasteiger partial charge in [0.25, 0.3) is 0 Å². The zero-order valence-electron chi connectivity index (χ0n) is 12.7. The topological polar surface area (TPSA) is 69.7 Å². The van der Waals surface area contributed by atoms with E-state index in [2.05, 4.69) is 15.9 Å². The number of carbonyl (C=O) groups excluding carboxylic acids is 1. The van der Waals surface area contributed by atoms with E-state index in [1.807, 2.05) is 20.8 Å². The van der Waals surface area contributed by atoms with E-state index in [0.29, 0.717) is 23.2 Å². The molecule has 1 aliphatic heterocycles. The maximum Gasteiger partial charge on any atom is 0.351 e. The van der Waals surface area contributed by atoms with Crippen LogP contribution in [0.25, 0.3) is 0 Å². The van der Waals surface area contributed by atoms with Crippen molar-refractivity contribution in [1.82, 2.24) is 0 Å². The van der Waals surface area contributed by atoms with E-state index in [4.69, 9.17) is 8.92 Å². The van der Waals surface area contributed by atoms with Gasteiger partial charge in [-0.15, -0.1) is 11.3 Å². The van der Waals surface area contributed by atoms with Gasteiger partial charge in [-0.1, -0.05) is 20.8 Å². The van der Waals surface area contributed by atoms with Gasteiger partial charge in [-0.25, -0.2) is 0 Å². The zero-order chi connectivity index (χ0) is 16.5. The summed E-state index contributed by atoms with van der Waals surface area (Å²) in [5.41, 5.74) is -0.101. The maximum absolute atomic E-state index is 12.2. The Bertz CT molecular complexity index is 644. The molecule has 2 atom stereocenters. The third-order valence-electron chi connectivity index (χ3n) is 3.57. The lowest BCUT2D eigenvalue weighted by Crippen LogP contribution is -2.39. The first kappa shape index (κ1) is 17.9. The highest BCUT2D eigenvalue weighted by Gasteiger charge is 2.37. The highest BCUT2D eigenvalue weighted by atomic mass is 79.9. The molecule has 0 bridgehead atoms. The van der Waals surface area contributed by atoms with Crippen molar-refractivity contribution >= 4 is 43.4 Å². The number of hydrogen-bond donors (Lipinski definition) is 0. The molecule has 0 aromatic carbocycles. The van der Waals surface area contributed by atoms with E-state index in [9.17, 15) is 13.2 Å². The van der Waals surface area contributed by atoms with Gasteiger partial charge < -0.3 is 8.92 Å². The second-order valence-corrected chi connectivity index (χ2v) is 10.6. The summed E-state index contributed by atoms with van der Waals surface area (Å²) in [5, 5.41) is 0. The molecule has 1 aromatic heterocycles. The molecular weight excluding hydrogens is 392 g/mol. The van der Waals surface area contributed by atoms with Crippen LogP contribution in [0.1, 0.15) is 33.6 Å². The Balaban J connectivity index is 2.06. The first-order valence-corrected chi connectivity index (χ1v) is 9.96. The zero-order valence-corrected chi connectivity index (χ0v) is 15.9. The Labute approximate surface area is 143 Å². The number of hydrogen-bond acceptors (Lipinski definition) is 6. The normalized spacial score (nSPS) is 23.3. The van der Waals surface area contributed by atoms with Gasteiger partial charge in [0.1, 0.15) is 0 Å². The second kappa shape index (κ2) is 6.59. The van der Waals surface area contributed by atoms with E-state index in [1.165, 1.54) is 6.07 Å². The van der Waals surface area contributed by atoms with Gasteiger partial charge in [0.15, 0.2) is 4.21 Å². The quantitative estimate of drug-likeness (QED) is 0.712. The lowest BCUT2D eigenvalue weighted by Gasteiger charge is -2.36. The van der Waals surface area contributed by atoms with Crippen LogP contribution in [0.4, 0.5) is 0 Å². The van der Waals surface area contributed by atoms with Gasteiger partial charge in [-0.05, 0) is 46.3 Å². The summed E-state index contributed by atoms with van der Waals surface area (Å²) in [7, 11) is -4.04.